The molecule has 1 heterocycles. The van der Waals surface area contributed by atoms with Crippen LogP contribution in [0.1, 0.15) is 18.5 Å². The van der Waals surface area contributed by atoms with Gasteiger partial charge in [0.2, 0.25) is 0 Å². The summed E-state index contributed by atoms with van der Waals surface area (Å²) in [5, 5.41) is 0.967. The number of nitrogens with zero attached hydrogens (tertiary/aromatic N) is 1. The standard InChI is InChI=1S/C15H17BrN2OS/c1-2-19-12-7-5-11(6-8-12)14(17)10-20-15-13(16)4-3-9-18-15/h3-9,14H,2,10,17H2,1H3. The summed E-state index contributed by atoms with van der Waals surface area (Å²) in [5.41, 5.74) is 7.32. The van der Waals surface area contributed by atoms with Gasteiger partial charge in [-0.25, -0.2) is 4.98 Å². The topological polar surface area (TPSA) is 48.1 Å². The first-order chi connectivity index (χ1) is 9.70. The monoisotopic (exact) mass is 352 g/mol. The smallest absolute Gasteiger partial charge is 0.119 e. The summed E-state index contributed by atoms with van der Waals surface area (Å²) in [6.45, 7) is 2.65. The molecule has 0 aliphatic carbocycles. The number of halogens is 1. The van der Waals surface area contributed by atoms with Crippen LogP contribution < -0.4 is 10.5 Å². The van der Waals surface area contributed by atoms with Gasteiger partial charge in [0.1, 0.15) is 10.8 Å². The lowest BCUT2D eigenvalue weighted by Crippen LogP contribution is -2.13. The zero-order valence-corrected chi connectivity index (χ0v) is 13.7. The molecule has 0 saturated heterocycles. The third-order valence-corrected chi connectivity index (χ3v) is 4.77. The molecule has 0 bridgehead atoms. The van der Waals surface area contributed by atoms with Gasteiger partial charge in [0.15, 0.2) is 0 Å². The molecule has 2 N–H and O–H groups in total. The number of aromatic nitrogens is 1. The summed E-state index contributed by atoms with van der Waals surface area (Å²) >= 11 is 5.14. The van der Waals surface area contributed by atoms with Crippen molar-refractivity contribution < 1.29 is 4.74 Å². The van der Waals surface area contributed by atoms with Gasteiger partial charge in [-0.05, 0) is 52.7 Å². The average Bonchev–Trinajstić information content (AvgIpc) is 2.47. The van der Waals surface area contributed by atoms with Crippen molar-refractivity contribution in [3.63, 3.8) is 0 Å². The predicted molar refractivity (Wildman–Crippen MR) is 87.2 cm³/mol. The van der Waals surface area contributed by atoms with Crippen molar-refractivity contribution in [3.8, 4) is 5.75 Å². The van der Waals surface area contributed by atoms with Crippen LogP contribution in [-0.4, -0.2) is 17.3 Å². The minimum atomic E-state index is -0.0235. The summed E-state index contributed by atoms with van der Waals surface area (Å²) in [5.74, 6) is 1.66. The van der Waals surface area contributed by atoms with Gasteiger partial charge in [0.05, 0.1) is 6.61 Å². The van der Waals surface area contributed by atoms with Gasteiger partial charge in [-0.15, -0.1) is 11.8 Å². The molecule has 1 aromatic carbocycles. The first kappa shape index (κ1) is 15.4. The van der Waals surface area contributed by atoms with E-state index in [0.717, 1.165) is 26.6 Å². The Morgan fingerprint density at radius 3 is 2.70 bits per heavy atom. The summed E-state index contributed by atoms with van der Waals surface area (Å²) < 4.78 is 6.43. The molecule has 3 nitrogen and oxygen atoms in total. The Hall–Kier alpha value is -1.04. The highest BCUT2D eigenvalue weighted by atomic mass is 79.9. The Kier molecular flexibility index (Phi) is 5.88. The van der Waals surface area contributed by atoms with Crippen molar-refractivity contribution in [1.29, 1.82) is 0 Å². The van der Waals surface area contributed by atoms with E-state index in [4.69, 9.17) is 10.5 Å². The van der Waals surface area contributed by atoms with E-state index in [0.29, 0.717) is 6.61 Å². The molecule has 1 unspecified atom stereocenters. The number of pyridine rings is 1. The van der Waals surface area contributed by atoms with Gasteiger partial charge in [-0.2, -0.15) is 0 Å². The highest BCUT2D eigenvalue weighted by molar-refractivity contribution is 9.10. The van der Waals surface area contributed by atoms with Crippen LogP contribution in [0.3, 0.4) is 0 Å². The molecular formula is C15H17BrN2OS. The number of nitrogens with two attached hydrogens (primary N) is 1. The maximum Gasteiger partial charge on any atom is 0.119 e. The predicted octanol–water partition coefficient (Wildman–Crippen LogP) is 4.03. The van der Waals surface area contributed by atoms with E-state index in [-0.39, 0.29) is 6.04 Å². The van der Waals surface area contributed by atoms with Crippen LogP contribution in [0.25, 0.3) is 0 Å². The van der Waals surface area contributed by atoms with Gasteiger partial charge in [0, 0.05) is 22.5 Å². The number of hydrogen-bond donors (Lipinski definition) is 1. The highest BCUT2D eigenvalue weighted by Gasteiger charge is 2.09. The van der Waals surface area contributed by atoms with E-state index in [1.54, 1.807) is 18.0 Å². The number of benzene rings is 1. The van der Waals surface area contributed by atoms with Crippen molar-refractivity contribution in [2.45, 2.75) is 18.0 Å². The number of ether oxygens (including phenoxy) is 1. The summed E-state index contributed by atoms with van der Waals surface area (Å²) in [4.78, 5) is 4.32. The van der Waals surface area contributed by atoms with E-state index in [1.807, 2.05) is 43.3 Å². The first-order valence-electron chi connectivity index (χ1n) is 6.42. The van der Waals surface area contributed by atoms with E-state index in [2.05, 4.69) is 20.9 Å². The highest BCUT2D eigenvalue weighted by Crippen LogP contribution is 2.28. The van der Waals surface area contributed by atoms with Crippen molar-refractivity contribution in [1.82, 2.24) is 4.98 Å². The minimum absolute atomic E-state index is 0.0235. The van der Waals surface area contributed by atoms with E-state index >= 15 is 0 Å². The van der Waals surface area contributed by atoms with E-state index in [1.165, 1.54) is 0 Å². The molecule has 0 aliphatic heterocycles. The van der Waals surface area contributed by atoms with E-state index < -0.39 is 0 Å². The number of rotatable bonds is 6. The first-order valence-corrected chi connectivity index (χ1v) is 8.20. The van der Waals surface area contributed by atoms with Crippen LogP contribution in [0.2, 0.25) is 0 Å². The fraction of sp³-hybridized carbons (Fsp3) is 0.267. The molecule has 0 fully saturated rings. The SMILES string of the molecule is CCOc1ccc(C(N)CSc2ncccc2Br)cc1. The molecule has 2 rings (SSSR count). The molecule has 2 aromatic rings. The van der Waals surface area contributed by atoms with Gasteiger partial charge in [0.25, 0.3) is 0 Å². The minimum Gasteiger partial charge on any atom is -0.494 e. The van der Waals surface area contributed by atoms with Crippen molar-refractivity contribution in [3.05, 3.63) is 52.6 Å². The summed E-state index contributed by atoms with van der Waals surface area (Å²) in [6.07, 6.45) is 1.79. The van der Waals surface area contributed by atoms with Crippen molar-refractivity contribution in [2.24, 2.45) is 5.73 Å². The molecule has 0 radical (unpaired) electrons. The Balaban J connectivity index is 1.94. The number of hydrogen-bond acceptors (Lipinski definition) is 4. The van der Waals surface area contributed by atoms with Crippen LogP contribution in [-0.2, 0) is 0 Å². The second kappa shape index (κ2) is 7.67. The quantitative estimate of drug-likeness (QED) is 0.797. The van der Waals surface area contributed by atoms with Crippen LogP contribution in [0.5, 0.6) is 5.75 Å². The maximum atomic E-state index is 6.21. The molecule has 0 saturated carbocycles. The second-order valence-electron chi connectivity index (χ2n) is 4.21. The normalized spacial score (nSPS) is 12.2. The molecule has 0 aliphatic rings. The lowest BCUT2D eigenvalue weighted by atomic mass is 10.1. The van der Waals surface area contributed by atoms with Crippen LogP contribution in [0.15, 0.2) is 52.1 Å². The lowest BCUT2D eigenvalue weighted by Gasteiger charge is -2.12. The van der Waals surface area contributed by atoms with Crippen molar-refractivity contribution >= 4 is 27.7 Å². The fourth-order valence-corrected chi connectivity index (χ4v) is 3.19. The Labute approximate surface area is 132 Å². The molecule has 5 heteroatoms. The largest absolute Gasteiger partial charge is 0.494 e. The Bertz CT molecular complexity index is 548. The Morgan fingerprint density at radius 1 is 1.30 bits per heavy atom. The van der Waals surface area contributed by atoms with E-state index in [9.17, 15) is 0 Å². The molecule has 106 valence electrons. The fourth-order valence-electron chi connectivity index (χ4n) is 1.72. The van der Waals surface area contributed by atoms with Crippen LogP contribution in [0, 0.1) is 0 Å². The lowest BCUT2D eigenvalue weighted by molar-refractivity contribution is 0.340. The zero-order chi connectivity index (χ0) is 14.4. The van der Waals surface area contributed by atoms with Gasteiger partial charge >= 0.3 is 0 Å². The molecule has 1 aromatic heterocycles. The molecule has 0 spiro atoms. The van der Waals surface area contributed by atoms with Crippen LogP contribution >= 0.6 is 27.7 Å². The van der Waals surface area contributed by atoms with Crippen LogP contribution in [0.4, 0.5) is 0 Å². The van der Waals surface area contributed by atoms with Gasteiger partial charge < -0.3 is 10.5 Å². The maximum absolute atomic E-state index is 6.21. The van der Waals surface area contributed by atoms with Crippen molar-refractivity contribution in [2.75, 3.05) is 12.4 Å². The second-order valence-corrected chi connectivity index (χ2v) is 6.07. The Morgan fingerprint density at radius 2 is 2.05 bits per heavy atom. The van der Waals surface area contributed by atoms with Gasteiger partial charge in [-0.1, -0.05) is 12.1 Å². The summed E-state index contributed by atoms with van der Waals surface area (Å²) in [6, 6.07) is 11.8. The third kappa shape index (κ3) is 4.23. The van der Waals surface area contributed by atoms with Gasteiger partial charge in [-0.3, -0.25) is 0 Å². The molecule has 1 atom stereocenters. The third-order valence-electron chi connectivity index (χ3n) is 2.74. The molecule has 0 amide bonds. The average molecular weight is 353 g/mol. The number of thioether (sulfide) groups is 1. The summed E-state index contributed by atoms with van der Waals surface area (Å²) in [7, 11) is 0. The zero-order valence-electron chi connectivity index (χ0n) is 11.3. The molecule has 20 heavy (non-hydrogen) atoms. The molecular weight excluding hydrogens is 336 g/mol.